The summed E-state index contributed by atoms with van der Waals surface area (Å²) < 4.78 is 12.4. The number of ether oxygens (including phenoxy) is 2. The Labute approximate surface area is 165 Å². The molecule has 0 saturated carbocycles. The lowest BCUT2D eigenvalue weighted by atomic mass is 10.1. The summed E-state index contributed by atoms with van der Waals surface area (Å²) >= 11 is 1.52. The largest absolute Gasteiger partial charge is 0.486 e. The number of benzene rings is 1. The molecule has 1 aromatic carbocycles. The van der Waals surface area contributed by atoms with Crippen molar-refractivity contribution in [2.24, 2.45) is 0 Å². The van der Waals surface area contributed by atoms with Gasteiger partial charge in [-0.05, 0) is 36.6 Å². The Kier molecular flexibility index (Phi) is 5.29. The zero-order chi connectivity index (χ0) is 19.5. The van der Waals surface area contributed by atoms with Gasteiger partial charge in [0.25, 0.3) is 5.56 Å². The number of nitrogens with zero attached hydrogens (tertiary/aromatic N) is 2. The minimum atomic E-state index is -0.216. The third kappa shape index (κ3) is 3.87. The van der Waals surface area contributed by atoms with Crippen molar-refractivity contribution in [1.29, 1.82) is 0 Å². The lowest BCUT2D eigenvalue weighted by molar-refractivity contribution is -0.121. The molecule has 2 aromatic heterocycles. The summed E-state index contributed by atoms with van der Waals surface area (Å²) in [6, 6.07) is 7.65. The van der Waals surface area contributed by atoms with Gasteiger partial charge in [0.05, 0.1) is 11.7 Å². The van der Waals surface area contributed by atoms with E-state index < -0.39 is 0 Å². The molecule has 146 valence electrons. The van der Waals surface area contributed by atoms with Crippen molar-refractivity contribution in [2.45, 2.75) is 26.3 Å². The number of carbonyl (C=O) groups excluding carboxylic acids is 1. The quantitative estimate of drug-likeness (QED) is 0.687. The van der Waals surface area contributed by atoms with Crippen LogP contribution in [0.2, 0.25) is 0 Å². The first-order chi connectivity index (χ1) is 13.6. The molecule has 0 fully saturated rings. The van der Waals surface area contributed by atoms with Crippen LogP contribution in [-0.2, 0) is 24.2 Å². The number of aromatic nitrogens is 2. The van der Waals surface area contributed by atoms with Gasteiger partial charge in [-0.3, -0.25) is 14.2 Å². The zero-order valence-electron chi connectivity index (χ0n) is 15.6. The number of thiophene rings is 1. The van der Waals surface area contributed by atoms with E-state index in [9.17, 15) is 9.59 Å². The van der Waals surface area contributed by atoms with Gasteiger partial charge in [0.1, 0.15) is 24.6 Å². The fourth-order valence-corrected chi connectivity index (χ4v) is 4.02. The second-order valence-electron chi connectivity index (χ2n) is 6.54. The molecule has 8 heteroatoms. The number of amides is 1. The maximum Gasteiger partial charge on any atom is 0.262 e. The van der Waals surface area contributed by atoms with Gasteiger partial charge in [-0.25, -0.2) is 4.98 Å². The monoisotopic (exact) mass is 399 g/mol. The predicted molar refractivity (Wildman–Crippen MR) is 107 cm³/mol. The first kappa shape index (κ1) is 18.5. The second kappa shape index (κ2) is 8.02. The van der Waals surface area contributed by atoms with Gasteiger partial charge >= 0.3 is 0 Å². The number of rotatable bonds is 6. The molecule has 1 amide bonds. The van der Waals surface area contributed by atoms with Crippen LogP contribution in [0.5, 0.6) is 11.5 Å². The summed E-state index contributed by atoms with van der Waals surface area (Å²) in [5.41, 5.74) is 0.873. The lowest BCUT2D eigenvalue weighted by Crippen LogP contribution is -2.33. The van der Waals surface area contributed by atoms with Crippen LogP contribution in [0.3, 0.4) is 0 Å². The van der Waals surface area contributed by atoms with Gasteiger partial charge in [0.15, 0.2) is 11.5 Å². The van der Waals surface area contributed by atoms with Crippen molar-refractivity contribution in [2.75, 3.05) is 19.8 Å². The summed E-state index contributed by atoms with van der Waals surface area (Å²) in [5.74, 6) is 1.27. The Morgan fingerprint density at radius 3 is 2.89 bits per heavy atom. The van der Waals surface area contributed by atoms with E-state index in [-0.39, 0.29) is 18.0 Å². The van der Waals surface area contributed by atoms with E-state index in [1.54, 1.807) is 0 Å². The van der Waals surface area contributed by atoms with Gasteiger partial charge in [-0.2, -0.15) is 0 Å². The standard InChI is InChI=1S/C20H21N3O4S/c1-2-14-10-15-19(28-14)22-12-23(20(15)25)11-18(24)21-6-5-13-3-4-16-17(9-13)27-8-7-26-16/h3-4,9-10,12H,2,5-8,11H2,1H3,(H,21,24). The first-order valence-electron chi connectivity index (χ1n) is 9.27. The number of aryl methyl sites for hydroxylation is 1. The van der Waals surface area contributed by atoms with E-state index in [2.05, 4.69) is 10.3 Å². The Balaban J connectivity index is 1.35. The predicted octanol–water partition coefficient (Wildman–Crippen LogP) is 2.15. The highest BCUT2D eigenvalue weighted by Gasteiger charge is 2.13. The van der Waals surface area contributed by atoms with Crippen LogP contribution in [0.1, 0.15) is 17.4 Å². The Bertz CT molecular complexity index is 1070. The highest BCUT2D eigenvalue weighted by atomic mass is 32.1. The molecule has 7 nitrogen and oxygen atoms in total. The minimum Gasteiger partial charge on any atom is -0.486 e. The number of carbonyl (C=O) groups is 1. The third-order valence-corrected chi connectivity index (χ3v) is 5.76. The van der Waals surface area contributed by atoms with E-state index in [0.717, 1.165) is 33.2 Å². The molecule has 0 bridgehead atoms. The molecule has 4 rings (SSSR count). The topological polar surface area (TPSA) is 82.5 Å². The second-order valence-corrected chi connectivity index (χ2v) is 7.66. The van der Waals surface area contributed by atoms with Crippen molar-refractivity contribution in [3.63, 3.8) is 0 Å². The van der Waals surface area contributed by atoms with Gasteiger partial charge < -0.3 is 14.8 Å². The maximum absolute atomic E-state index is 12.5. The number of nitrogens with one attached hydrogen (secondary N) is 1. The zero-order valence-corrected chi connectivity index (χ0v) is 16.4. The molecule has 28 heavy (non-hydrogen) atoms. The van der Waals surface area contributed by atoms with Crippen LogP contribution >= 0.6 is 11.3 Å². The summed E-state index contributed by atoms with van der Waals surface area (Å²) in [4.78, 5) is 30.9. The van der Waals surface area contributed by atoms with E-state index in [1.807, 2.05) is 31.2 Å². The molecule has 1 aliphatic rings. The van der Waals surface area contributed by atoms with E-state index in [4.69, 9.17) is 9.47 Å². The lowest BCUT2D eigenvalue weighted by Gasteiger charge is -2.18. The fourth-order valence-electron chi connectivity index (χ4n) is 3.10. The van der Waals surface area contributed by atoms with Crippen LogP contribution in [0.15, 0.2) is 35.4 Å². The Morgan fingerprint density at radius 1 is 1.25 bits per heavy atom. The number of hydrogen-bond donors (Lipinski definition) is 1. The van der Waals surface area contributed by atoms with Crippen LogP contribution in [0.25, 0.3) is 10.2 Å². The van der Waals surface area contributed by atoms with Gasteiger partial charge in [0, 0.05) is 11.4 Å². The van der Waals surface area contributed by atoms with Crippen molar-refractivity contribution in [1.82, 2.24) is 14.9 Å². The van der Waals surface area contributed by atoms with Crippen LogP contribution in [0.4, 0.5) is 0 Å². The first-order valence-corrected chi connectivity index (χ1v) is 10.1. The molecular weight excluding hydrogens is 378 g/mol. The number of fused-ring (bicyclic) bond motifs is 2. The third-order valence-electron chi connectivity index (χ3n) is 4.57. The highest BCUT2D eigenvalue weighted by Crippen LogP contribution is 2.30. The minimum absolute atomic E-state index is 0.0415. The SMILES string of the molecule is CCc1cc2c(=O)n(CC(=O)NCCc3ccc4c(c3)OCCO4)cnc2s1. The highest BCUT2D eigenvalue weighted by molar-refractivity contribution is 7.18. The summed E-state index contributed by atoms with van der Waals surface area (Å²) in [7, 11) is 0. The van der Waals surface area contributed by atoms with Crippen LogP contribution in [-0.4, -0.2) is 35.2 Å². The maximum atomic E-state index is 12.5. The molecule has 1 N–H and O–H groups in total. The van der Waals surface area contributed by atoms with Crippen LogP contribution < -0.4 is 20.3 Å². The average molecular weight is 399 g/mol. The normalized spacial score (nSPS) is 12.9. The van der Waals surface area contributed by atoms with E-state index in [1.165, 1.54) is 22.2 Å². The molecule has 0 aliphatic carbocycles. The van der Waals surface area contributed by atoms with Crippen molar-refractivity contribution in [3.05, 3.63) is 51.4 Å². The van der Waals surface area contributed by atoms with Gasteiger partial charge in [-0.1, -0.05) is 13.0 Å². The van der Waals surface area contributed by atoms with Crippen molar-refractivity contribution >= 4 is 27.5 Å². The van der Waals surface area contributed by atoms with Crippen molar-refractivity contribution in [3.8, 4) is 11.5 Å². The molecule has 0 unspecified atom stereocenters. The average Bonchev–Trinajstić information content (AvgIpc) is 3.14. The molecule has 1 aliphatic heterocycles. The van der Waals surface area contributed by atoms with Gasteiger partial charge in [-0.15, -0.1) is 11.3 Å². The molecule has 3 heterocycles. The van der Waals surface area contributed by atoms with Crippen molar-refractivity contribution < 1.29 is 14.3 Å². The summed E-state index contributed by atoms with van der Waals surface area (Å²) in [6.07, 6.45) is 2.97. The smallest absolute Gasteiger partial charge is 0.262 e. The summed E-state index contributed by atoms with van der Waals surface area (Å²) in [5, 5.41) is 3.43. The molecular formula is C20H21N3O4S. The molecule has 0 radical (unpaired) electrons. The molecule has 0 spiro atoms. The molecule has 3 aromatic rings. The van der Waals surface area contributed by atoms with E-state index >= 15 is 0 Å². The Morgan fingerprint density at radius 2 is 2.07 bits per heavy atom. The van der Waals surface area contributed by atoms with Gasteiger partial charge in [0.2, 0.25) is 5.91 Å². The summed E-state index contributed by atoms with van der Waals surface area (Å²) in [6.45, 7) is 3.58. The Hall–Kier alpha value is -2.87. The number of hydrogen-bond acceptors (Lipinski definition) is 6. The van der Waals surface area contributed by atoms with Crippen LogP contribution in [0, 0.1) is 0 Å². The fraction of sp³-hybridized carbons (Fsp3) is 0.350. The van der Waals surface area contributed by atoms with E-state index in [0.29, 0.717) is 31.6 Å². The molecule has 0 saturated heterocycles. The molecule has 0 atom stereocenters.